The molecule has 2 aliphatic heterocycles. The average molecular weight is 484 g/mol. The number of nitrogens with zero attached hydrogens (tertiary/aromatic N) is 2. The fourth-order valence-electron chi connectivity index (χ4n) is 3.72. The van der Waals surface area contributed by atoms with Gasteiger partial charge < -0.3 is 24.4 Å². The highest BCUT2D eigenvalue weighted by Crippen LogP contribution is 2.35. The Kier molecular flexibility index (Phi) is 7.39. The van der Waals surface area contributed by atoms with E-state index in [0.717, 1.165) is 22.3 Å². The predicted molar refractivity (Wildman–Crippen MR) is 130 cm³/mol. The fraction of sp³-hybridized carbons (Fsp3) is 0.292. The number of benzene rings is 2. The van der Waals surface area contributed by atoms with Crippen molar-refractivity contribution in [3.05, 3.63) is 52.9 Å². The third-order valence-corrected chi connectivity index (χ3v) is 6.34. The van der Waals surface area contributed by atoms with Crippen molar-refractivity contribution in [3.63, 3.8) is 0 Å². The maximum Gasteiger partial charge on any atom is 0.294 e. The highest BCUT2D eigenvalue weighted by Gasteiger charge is 2.36. The van der Waals surface area contributed by atoms with E-state index in [1.165, 1.54) is 14.2 Å². The van der Waals surface area contributed by atoms with Gasteiger partial charge in [0.1, 0.15) is 18.0 Å². The van der Waals surface area contributed by atoms with E-state index >= 15 is 0 Å². The zero-order chi connectivity index (χ0) is 24.1. The van der Waals surface area contributed by atoms with Crippen molar-refractivity contribution in [2.24, 2.45) is 0 Å². The number of carbonyl (C=O) groups is 3. The fourth-order valence-corrected chi connectivity index (χ4v) is 4.55. The molecule has 2 heterocycles. The number of carbonyl (C=O) groups excluding carboxylic acids is 3. The molecule has 2 aliphatic rings. The van der Waals surface area contributed by atoms with Crippen LogP contribution in [-0.2, 0) is 14.3 Å². The van der Waals surface area contributed by atoms with Crippen LogP contribution >= 0.6 is 11.8 Å². The monoisotopic (exact) mass is 483 g/mol. The van der Waals surface area contributed by atoms with Gasteiger partial charge in [0.05, 0.1) is 43.7 Å². The minimum Gasteiger partial charge on any atom is -0.497 e. The van der Waals surface area contributed by atoms with Gasteiger partial charge in [-0.3, -0.25) is 19.3 Å². The van der Waals surface area contributed by atoms with Gasteiger partial charge in [-0.2, -0.15) is 0 Å². The van der Waals surface area contributed by atoms with Crippen molar-refractivity contribution >= 4 is 46.3 Å². The minimum absolute atomic E-state index is 0.207. The van der Waals surface area contributed by atoms with Crippen molar-refractivity contribution in [2.75, 3.05) is 57.3 Å². The first kappa shape index (κ1) is 23.7. The van der Waals surface area contributed by atoms with E-state index in [0.29, 0.717) is 49.1 Å². The van der Waals surface area contributed by atoms with Gasteiger partial charge in [-0.05, 0) is 48.2 Å². The molecule has 0 saturated carbocycles. The van der Waals surface area contributed by atoms with Gasteiger partial charge in [0.25, 0.3) is 11.1 Å². The molecule has 10 heteroatoms. The first-order chi connectivity index (χ1) is 16.5. The van der Waals surface area contributed by atoms with Gasteiger partial charge in [-0.1, -0.05) is 12.1 Å². The second kappa shape index (κ2) is 10.6. The molecule has 3 amide bonds. The zero-order valence-electron chi connectivity index (χ0n) is 18.9. The Hall–Kier alpha value is -3.50. The molecule has 0 spiro atoms. The Morgan fingerprint density at radius 3 is 2.62 bits per heavy atom. The number of morpholine rings is 1. The number of imide groups is 1. The summed E-state index contributed by atoms with van der Waals surface area (Å²) < 4.78 is 16.0. The summed E-state index contributed by atoms with van der Waals surface area (Å²) in [5, 5.41) is 2.34. The van der Waals surface area contributed by atoms with Crippen molar-refractivity contribution in [2.45, 2.75) is 0 Å². The van der Waals surface area contributed by atoms with Gasteiger partial charge >= 0.3 is 0 Å². The molecular formula is C24H25N3O6S. The number of anilines is 2. The van der Waals surface area contributed by atoms with Crippen LogP contribution in [0.4, 0.5) is 16.2 Å². The molecule has 0 unspecified atom stereocenters. The molecule has 9 nitrogen and oxygen atoms in total. The molecule has 2 saturated heterocycles. The maximum atomic E-state index is 12.9. The summed E-state index contributed by atoms with van der Waals surface area (Å²) in [6.07, 6.45) is 1.57. The van der Waals surface area contributed by atoms with Crippen molar-refractivity contribution < 1.29 is 28.6 Å². The smallest absolute Gasteiger partial charge is 0.294 e. The SMILES string of the molecule is COc1ccc(OC)c(/C=C2/SC(=O)N(CC(=O)Nc3ccccc3N3CCOCC3)C2=O)c1. The van der Waals surface area contributed by atoms with E-state index in [-0.39, 0.29) is 11.4 Å². The molecular weight excluding hydrogens is 458 g/mol. The first-order valence-electron chi connectivity index (χ1n) is 10.7. The Labute approximate surface area is 201 Å². The summed E-state index contributed by atoms with van der Waals surface area (Å²) >= 11 is 0.783. The molecule has 2 fully saturated rings. The van der Waals surface area contributed by atoms with Crippen LogP contribution in [-0.4, -0.2) is 69.0 Å². The quantitative estimate of drug-likeness (QED) is 0.600. The third kappa shape index (κ3) is 5.18. The summed E-state index contributed by atoms with van der Waals surface area (Å²) in [7, 11) is 3.05. The van der Waals surface area contributed by atoms with Gasteiger partial charge in [0, 0.05) is 18.7 Å². The molecule has 34 heavy (non-hydrogen) atoms. The molecule has 2 aromatic rings. The van der Waals surface area contributed by atoms with Gasteiger partial charge in [0.15, 0.2) is 0 Å². The zero-order valence-corrected chi connectivity index (χ0v) is 19.7. The number of ether oxygens (including phenoxy) is 3. The molecule has 4 rings (SSSR count). The van der Waals surface area contributed by atoms with Crippen LogP contribution in [0.25, 0.3) is 6.08 Å². The van der Waals surface area contributed by atoms with E-state index in [9.17, 15) is 14.4 Å². The van der Waals surface area contributed by atoms with Crippen LogP contribution < -0.4 is 19.7 Å². The Bertz CT molecular complexity index is 1130. The highest BCUT2D eigenvalue weighted by atomic mass is 32.2. The Morgan fingerprint density at radius 2 is 1.88 bits per heavy atom. The molecule has 0 aliphatic carbocycles. The number of hydrogen-bond acceptors (Lipinski definition) is 8. The molecule has 0 radical (unpaired) electrons. The molecule has 1 N–H and O–H groups in total. The maximum absolute atomic E-state index is 12.9. The van der Waals surface area contributed by atoms with E-state index in [1.54, 1.807) is 30.3 Å². The van der Waals surface area contributed by atoms with Crippen LogP contribution in [0.1, 0.15) is 5.56 Å². The largest absolute Gasteiger partial charge is 0.497 e. The van der Waals surface area contributed by atoms with Crippen LogP contribution in [0.15, 0.2) is 47.4 Å². The lowest BCUT2D eigenvalue weighted by molar-refractivity contribution is -0.127. The molecule has 0 bridgehead atoms. The van der Waals surface area contributed by atoms with E-state index < -0.39 is 17.1 Å². The second-order valence-electron chi connectivity index (χ2n) is 7.54. The molecule has 0 atom stereocenters. The van der Waals surface area contributed by atoms with Crippen molar-refractivity contribution in [1.82, 2.24) is 4.90 Å². The summed E-state index contributed by atoms with van der Waals surface area (Å²) in [5.74, 6) is 0.134. The normalized spacial score (nSPS) is 17.3. The van der Waals surface area contributed by atoms with Gasteiger partial charge in [-0.15, -0.1) is 0 Å². The lowest BCUT2D eigenvalue weighted by Gasteiger charge is -2.30. The number of thioether (sulfide) groups is 1. The molecule has 178 valence electrons. The summed E-state index contributed by atoms with van der Waals surface area (Å²) in [5.41, 5.74) is 2.09. The minimum atomic E-state index is -0.531. The number of amides is 3. The van der Waals surface area contributed by atoms with E-state index in [4.69, 9.17) is 14.2 Å². The number of nitrogens with one attached hydrogen (secondary N) is 1. The topological polar surface area (TPSA) is 97.4 Å². The lowest BCUT2D eigenvalue weighted by Crippen LogP contribution is -2.38. The summed E-state index contributed by atoms with van der Waals surface area (Å²) in [6, 6.07) is 12.6. The van der Waals surface area contributed by atoms with E-state index in [2.05, 4.69) is 10.2 Å². The van der Waals surface area contributed by atoms with Crippen LogP contribution in [0, 0.1) is 0 Å². The second-order valence-corrected chi connectivity index (χ2v) is 8.53. The van der Waals surface area contributed by atoms with Crippen LogP contribution in [0.3, 0.4) is 0 Å². The average Bonchev–Trinajstić information content (AvgIpc) is 3.12. The number of rotatable bonds is 7. The van der Waals surface area contributed by atoms with E-state index in [1.807, 2.05) is 18.2 Å². The van der Waals surface area contributed by atoms with Crippen LogP contribution in [0.2, 0.25) is 0 Å². The molecule has 2 aromatic carbocycles. The van der Waals surface area contributed by atoms with Gasteiger partial charge in [-0.25, -0.2) is 0 Å². The van der Waals surface area contributed by atoms with Crippen molar-refractivity contribution in [3.8, 4) is 11.5 Å². The summed E-state index contributed by atoms with van der Waals surface area (Å²) in [6.45, 7) is 2.28. The third-order valence-electron chi connectivity index (χ3n) is 5.43. The number of hydrogen-bond donors (Lipinski definition) is 1. The van der Waals surface area contributed by atoms with Gasteiger partial charge in [0.2, 0.25) is 5.91 Å². The standard InChI is InChI=1S/C24H25N3O6S/c1-31-17-7-8-20(32-2)16(13-17)14-21-23(29)27(24(30)34-21)15-22(28)25-18-5-3-4-6-19(18)26-9-11-33-12-10-26/h3-8,13-14H,9-12,15H2,1-2H3,(H,25,28)/b21-14+. The predicted octanol–water partition coefficient (Wildman–Crippen LogP) is 3.22. The molecule has 0 aromatic heterocycles. The Balaban J connectivity index is 1.47. The van der Waals surface area contributed by atoms with Crippen molar-refractivity contribution in [1.29, 1.82) is 0 Å². The van der Waals surface area contributed by atoms with Crippen LogP contribution in [0.5, 0.6) is 11.5 Å². The summed E-state index contributed by atoms with van der Waals surface area (Å²) in [4.78, 5) is 41.5. The first-order valence-corrected chi connectivity index (χ1v) is 11.5. The number of methoxy groups -OCH3 is 2. The lowest BCUT2D eigenvalue weighted by atomic mass is 10.1. The highest BCUT2D eigenvalue weighted by molar-refractivity contribution is 8.18. The Morgan fingerprint density at radius 1 is 1.12 bits per heavy atom. The number of para-hydroxylation sites is 2.